The third kappa shape index (κ3) is 4.72. The van der Waals surface area contributed by atoms with Crippen LogP contribution in [0.15, 0.2) is 35.4 Å². The minimum Gasteiger partial charge on any atom is -0.504 e. The van der Waals surface area contributed by atoms with E-state index in [1.807, 2.05) is 0 Å². The zero-order valence-electron chi connectivity index (χ0n) is 16.9. The van der Waals surface area contributed by atoms with E-state index in [1.54, 1.807) is 0 Å². The number of methoxy groups -OCH3 is 2. The Hall–Kier alpha value is -3.94. The highest BCUT2D eigenvalue weighted by molar-refractivity contribution is 5.94. The molecule has 158 valence electrons. The van der Waals surface area contributed by atoms with E-state index in [-0.39, 0.29) is 45.3 Å². The Morgan fingerprint density at radius 1 is 0.733 bits per heavy atom. The van der Waals surface area contributed by atoms with E-state index in [0.29, 0.717) is 11.1 Å². The molecule has 8 heteroatoms. The van der Waals surface area contributed by atoms with Crippen LogP contribution < -0.4 is 9.47 Å². The van der Waals surface area contributed by atoms with Crippen molar-refractivity contribution in [2.75, 3.05) is 14.2 Å². The molecule has 2 aromatic rings. The number of aromatic hydroxyl groups is 2. The molecule has 0 aliphatic rings. The first-order valence-electron chi connectivity index (χ1n) is 8.74. The third-order valence-electron chi connectivity index (χ3n) is 4.37. The van der Waals surface area contributed by atoms with Gasteiger partial charge in [-0.05, 0) is 61.4 Å². The van der Waals surface area contributed by atoms with Gasteiger partial charge in [-0.3, -0.25) is 0 Å². The van der Waals surface area contributed by atoms with Gasteiger partial charge in [0.2, 0.25) is 0 Å². The lowest BCUT2D eigenvalue weighted by atomic mass is 9.96. The first kappa shape index (κ1) is 22.4. The summed E-state index contributed by atoms with van der Waals surface area (Å²) in [5.41, 5.74) is 1.25. The summed E-state index contributed by atoms with van der Waals surface area (Å²) in [6, 6.07) is 5.88. The molecule has 30 heavy (non-hydrogen) atoms. The predicted molar refractivity (Wildman–Crippen MR) is 111 cm³/mol. The summed E-state index contributed by atoms with van der Waals surface area (Å²) in [5.74, 6) is -2.64. The standard InChI is InChI=1S/C22H22O8/c1-11(21(25)26)5-13-7-15(19(23)17(9-13)29-3)16-8-14(6-12(2)22(27)28)10-18(30-4)20(16)24/h5-10,23-24H,1-4H3,(H,25,26)(H,27,28)/b11-5+,12-6+. The summed E-state index contributed by atoms with van der Waals surface area (Å²) in [7, 11) is 2.68. The highest BCUT2D eigenvalue weighted by Gasteiger charge is 2.19. The van der Waals surface area contributed by atoms with E-state index < -0.39 is 11.9 Å². The Bertz CT molecular complexity index is 978. The molecule has 0 aliphatic heterocycles. The number of hydrogen-bond acceptors (Lipinski definition) is 6. The number of carbonyl (C=O) groups is 2. The topological polar surface area (TPSA) is 134 Å². The number of phenols is 2. The fourth-order valence-corrected chi connectivity index (χ4v) is 2.77. The number of carboxylic acids is 2. The second kappa shape index (κ2) is 9.04. The van der Waals surface area contributed by atoms with Crippen molar-refractivity contribution in [1.29, 1.82) is 0 Å². The number of benzene rings is 2. The molecule has 0 radical (unpaired) electrons. The molecular weight excluding hydrogens is 392 g/mol. The van der Waals surface area contributed by atoms with Gasteiger partial charge < -0.3 is 29.9 Å². The van der Waals surface area contributed by atoms with Gasteiger partial charge in [-0.25, -0.2) is 9.59 Å². The number of aliphatic carboxylic acids is 2. The average molecular weight is 414 g/mol. The minimum atomic E-state index is -1.11. The fourth-order valence-electron chi connectivity index (χ4n) is 2.77. The number of ether oxygens (including phenoxy) is 2. The largest absolute Gasteiger partial charge is 0.504 e. The molecule has 0 bridgehead atoms. The van der Waals surface area contributed by atoms with Crippen molar-refractivity contribution in [3.05, 3.63) is 46.5 Å². The lowest BCUT2D eigenvalue weighted by Crippen LogP contribution is -1.97. The first-order chi connectivity index (χ1) is 14.1. The van der Waals surface area contributed by atoms with E-state index >= 15 is 0 Å². The van der Waals surface area contributed by atoms with Gasteiger partial charge in [0.25, 0.3) is 0 Å². The average Bonchev–Trinajstić information content (AvgIpc) is 2.70. The van der Waals surface area contributed by atoms with Crippen molar-refractivity contribution in [1.82, 2.24) is 0 Å². The quantitative estimate of drug-likeness (QED) is 0.503. The van der Waals surface area contributed by atoms with Crippen molar-refractivity contribution >= 4 is 24.1 Å². The third-order valence-corrected chi connectivity index (χ3v) is 4.37. The van der Waals surface area contributed by atoms with Gasteiger partial charge in [0.1, 0.15) is 0 Å². The summed E-state index contributed by atoms with van der Waals surface area (Å²) < 4.78 is 10.4. The zero-order valence-corrected chi connectivity index (χ0v) is 16.9. The zero-order chi connectivity index (χ0) is 22.6. The molecule has 0 aliphatic carbocycles. The Kier molecular flexibility index (Phi) is 6.73. The Morgan fingerprint density at radius 3 is 1.33 bits per heavy atom. The number of hydrogen-bond donors (Lipinski definition) is 4. The van der Waals surface area contributed by atoms with Crippen LogP contribution in [-0.4, -0.2) is 46.6 Å². The molecule has 8 nitrogen and oxygen atoms in total. The van der Waals surface area contributed by atoms with Crippen LogP contribution >= 0.6 is 0 Å². The summed E-state index contributed by atoms with van der Waals surface area (Å²) in [6.07, 6.45) is 2.78. The molecule has 0 heterocycles. The van der Waals surface area contributed by atoms with E-state index in [1.165, 1.54) is 64.5 Å². The van der Waals surface area contributed by atoms with Crippen molar-refractivity contribution in [3.63, 3.8) is 0 Å². The summed E-state index contributed by atoms with van der Waals surface area (Å²) in [6.45, 7) is 2.84. The molecule has 0 amide bonds. The molecule has 4 N–H and O–H groups in total. The second-order valence-corrected chi connectivity index (χ2v) is 6.50. The SMILES string of the molecule is COc1cc(/C=C(\C)C(=O)O)cc(-c2cc(/C=C(\C)C(=O)O)cc(OC)c2O)c1O. The van der Waals surface area contributed by atoms with Gasteiger partial charge in [-0.1, -0.05) is 0 Å². The predicted octanol–water partition coefficient (Wildman–Crippen LogP) is 3.76. The van der Waals surface area contributed by atoms with E-state index in [4.69, 9.17) is 19.7 Å². The fraction of sp³-hybridized carbons (Fsp3) is 0.182. The lowest BCUT2D eigenvalue weighted by molar-refractivity contribution is -0.133. The Labute approximate surface area is 172 Å². The van der Waals surface area contributed by atoms with Crippen LogP contribution in [0.2, 0.25) is 0 Å². The van der Waals surface area contributed by atoms with Crippen LogP contribution in [0.4, 0.5) is 0 Å². The molecular formula is C22H22O8. The molecule has 0 saturated carbocycles. The molecule has 0 saturated heterocycles. The number of carboxylic acid groups (broad SMARTS) is 2. The van der Waals surface area contributed by atoms with Crippen molar-refractivity contribution in [2.45, 2.75) is 13.8 Å². The highest BCUT2D eigenvalue weighted by atomic mass is 16.5. The minimum absolute atomic E-state index is 0.0595. The Balaban J connectivity index is 2.81. The van der Waals surface area contributed by atoms with Crippen LogP contribution in [0.25, 0.3) is 23.3 Å². The van der Waals surface area contributed by atoms with Gasteiger partial charge in [0.05, 0.1) is 14.2 Å². The maximum absolute atomic E-state index is 11.2. The maximum atomic E-state index is 11.2. The van der Waals surface area contributed by atoms with Crippen molar-refractivity contribution < 1.29 is 39.5 Å². The maximum Gasteiger partial charge on any atom is 0.331 e. The van der Waals surface area contributed by atoms with E-state index in [2.05, 4.69) is 0 Å². The molecule has 0 atom stereocenters. The lowest BCUT2D eigenvalue weighted by Gasteiger charge is -2.15. The molecule has 0 fully saturated rings. The van der Waals surface area contributed by atoms with E-state index in [9.17, 15) is 19.8 Å². The summed E-state index contributed by atoms with van der Waals surface area (Å²) in [5, 5.41) is 39.5. The van der Waals surface area contributed by atoms with Gasteiger partial charge in [-0.15, -0.1) is 0 Å². The van der Waals surface area contributed by atoms with Crippen LogP contribution in [0.5, 0.6) is 23.0 Å². The van der Waals surface area contributed by atoms with Crippen LogP contribution in [0, 0.1) is 0 Å². The summed E-state index contributed by atoms with van der Waals surface area (Å²) >= 11 is 0. The molecule has 0 aromatic heterocycles. The van der Waals surface area contributed by atoms with Crippen LogP contribution in [0.3, 0.4) is 0 Å². The second-order valence-electron chi connectivity index (χ2n) is 6.50. The highest BCUT2D eigenvalue weighted by Crippen LogP contribution is 2.46. The van der Waals surface area contributed by atoms with Gasteiger partial charge >= 0.3 is 11.9 Å². The molecule has 0 unspecified atom stereocenters. The summed E-state index contributed by atoms with van der Waals surface area (Å²) in [4.78, 5) is 22.3. The normalized spacial score (nSPS) is 11.9. The first-order valence-corrected chi connectivity index (χ1v) is 8.74. The van der Waals surface area contributed by atoms with Crippen molar-refractivity contribution in [3.8, 4) is 34.1 Å². The molecule has 2 aromatic carbocycles. The van der Waals surface area contributed by atoms with Crippen LogP contribution in [0.1, 0.15) is 25.0 Å². The monoisotopic (exact) mass is 414 g/mol. The van der Waals surface area contributed by atoms with Crippen molar-refractivity contribution in [2.24, 2.45) is 0 Å². The Morgan fingerprint density at radius 2 is 1.07 bits per heavy atom. The van der Waals surface area contributed by atoms with Crippen LogP contribution in [-0.2, 0) is 9.59 Å². The smallest absolute Gasteiger partial charge is 0.331 e. The van der Waals surface area contributed by atoms with E-state index in [0.717, 1.165) is 0 Å². The van der Waals surface area contributed by atoms with Gasteiger partial charge in [-0.2, -0.15) is 0 Å². The van der Waals surface area contributed by atoms with Gasteiger partial charge in [0, 0.05) is 22.3 Å². The van der Waals surface area contributed by atoms with Gasteiger partial charge in [0.15, 0.2) is 23.0 Å². The molecule has 0 spiro atoms. The number of phenolic OH excluding ortho intramolecular Hbond substituents is 2. The molecule has 2 rings (SSSR count). The number of rotatable bonds is 7.